The van der Waals surface area contributed by atoms with Crippen LogP contribution in [0.25, 0.3) is 0 Å². The lowest BCUT2D eigenvalue weighted by Gasteiger charge is -2.03. The number of benzene rings is 1. The van der Waals surface area contributed by atoms with Crippen molar-refractivity contribution in [3.8, 4) is 0 Å². The number of Topliss-reactive ketones (excluding diaryl/α,β-unsaturated/α-hetero) is 1. The zero-order valence-electron chi connectivity index (χ0n) is 6.76. The molecule has 0 bridgehead atoms. The summed E-state index contributed by atoms with van der Waals surface area (Å²) in [5.74, 6) is 0.192. The molecule has 0 fully saturated rings. The lowest BCUT2D eigenvalue weighted by molar-refractivity contribution is -0.115. The van der Waals surface area contributed by atoms with Crippen molar-refractivity contribution in [2.24, 2.45) is 0 Å². The lowest BCUT2D eigenvalue weighted by Crippen LogP contribution is -2.04. The molecule has 0 N–H and O–H groups in total. The van der Waals surface area contributed by atoms with Crippen molar-refractivity contribution in [3.63, 3.8) is 0 Å². The van der Waals surface area contributed by atoms with Crippen molar-refractivity contribution in [1.82, 2.24) is 0 Å². The van der Waals surface area contributed by atoms with E-state index in [1.54, 1.807) is 0 Å². The number of carbonyl (C=O) groups is 1. The van der Waals surface area contributed by atoms with Gasteiger partial charge in [-0.15, -0.1) is 12.6 Å². The van der Waals surface area contributed by atoms with Crippen LogP contribution >= 0.6 is 51.1 Å². The van der Waals surface area contributed by atoms with E-state index in [2.05, 4.69) is 51.1 Å². The Morgan fingerprint density at radius 2 is 2.23 bits per heavy atom. The molecule has 0 amide bonds. The Hall–Kier alpha value is 0.450. The van der Waals surface area contributed by atoms with Gasteiger partial charge in [-0.05, 0) is 46.4 Å². The van der Waals surface area contributed by atoms with Gasteiger partial charge < -0.3 is 0 Å². The second-order valence-electron chi connectivity index (χ2n) is 2.62. The highest BCUT2D eigenvalue weighted by Gasteiger charge is 2.05. The maximum absolute atomic E-state index is 11.2. The van der Waals surface area contributed by atoms with Crippen molar-refractivity contribution in [3.05, 3.63) is 27.3 Å². The fourth-order valence-corrected chi connectivity index (χ4v) is 1.91. The van der Waals surface area contributed by atoms with E-state index in [-0.39, 0.29) is 5.78 Å². The molecule has 0 radical (unpaired) electrons. The molecule has 0 atom stereocenters. The minimum absolute atomic E-state index is 0.192. The zero-order valence-corrected chi connectivity index (χ0v) is 11.4. The van der Waals surface area contributed by atoms with Crippen LogP contribution in [0.2, 0.25) is 0 Å². The maximum atomic E-state index is 11.2. The van der Waals surface area contributed by atoms with Crippen molar-refractivity contribution in [1.29, 1.82) is 0 Å². The van der Waals surface area contributed by atoms with Crippen molar-refractivity contribution >= 4 is 56.9 Å². The van der Waals surface area contributed by atoms with Gasteiger partial charge in [0.05, 0.1) is 5.33 Å². The van der Waals surface area contributed by atoms with Gasteiger partial charge in [-0.25, -0.2) is 0 Å². The van der Waals surface area contributed by atoms with Gasteiger partial charge in [0.1, 0.15) is 5.78 Å². The molecule has 0 aliphatic rings. The summed E-state index contributed by atoms with van der Waals surface area (Å²) >= 11 is 9.60. The number of thiol groups is 1. The van der Waals surface area contributed by atoms with E-state index >= 15 is 0 Å². The molecule has 0 saturated heterocycles. The van der Waals surface area contributed by atoms with Crippen LogP contribution in [0.1, 0.15) is 5.56 Å². The molecule has 1 aromatic carbocycles. The van der Waals surface area contributed by atoms with E-state index < -0.39 is 0 Å². The fourth-order valence-electron chi connectivity index (χ4n) is 0.956. The van der Waals surface area contributed by atoms with Crippen LogP contribution in [-0.2, 0) is 11.2 Å². The van der Waals surface area contributed by atoms with Crippen LogP contribution in [-0.4, -0.2) is 11.1 Å². The predicted molar refractivity (Wildman–Crippen MR) is 68.9 cm³/mol. The molecule has 0 spiro atoms. The predicted octanol–water partition coefficient (Wildman–Crippen LogP) is 3.09. The summed E-state index contributed by atoms with van der Waals surface area (Å²) in [6.45, 7) is 0. The first-order chi connectivity index (χ1) is 6.13. The highest BCUT2D eigenvalue weighted by Crippen LogP contribution is 2.17. The average molecular weight is 371 g/mol. The van der Waals surface area contributed by atoms with Gasteiger partial charge in [-0.3, -0.25) is 4.79 Å². The van der Waals surface area contributed by atoms with Gasteiger partial charge in [0.2, 0.25) is 0 Å². The molecule has 1 nitrogen and oxygen atoms in total. The topological polar surface area (TPSA) is 17.1 Å². The molecule has 0 aliphatic carbocycles. The van der Waals surface area contributed by atoms with E-state index in [0.717, 1.165) is 14.0 Å². The number of halogens is 2. The summed E-state index contributed by atoms with van der Waals surface area (Å²) in [6.07, 6.45) is 0.484. The quantitative estimate of drug-likeness (QED) is 0.491. The molecule has 0 unspecified atom stereocenters. The van der Waals surface area contributed by atoms with Crippen LogP contribution in [0.4, 0.5) is 0 Å². The second kappa shape index (κ2) is 5.36. The van der Waals surface area contributed by atoms with Gasteiger partial charge in [0, 0.05) is 14.9 Å². The van der Waals surface area contributed by atoms with E-state index in [0.29, 0.717) is 11.8 Å². The normalized spacial score (nSPS) is 10.1. The first kappa shape index (κ1) is 11.5. The minimum atomic E-state index is 0.192. The Kier molecular flexibility index (Phi) is 4.75. The number of ketones is 1. The van der Waals surface area contributed by atoms with Crippen LogP contribution in [0.5, 0.6) is 0 Å². The zero-order chi connectivity index (χ0) is 9.84. The van der Waals surface area contributed by atoms with Gasteiger partial charge in [0.15, 0.2) is 0 Å². The molecule has 0 aromatic heterocycles. The second-order valence-corrected chi connectivity index (χ2v) is 4.86. The average Bonchev–Trinajstić information content (AvgIpc) is 2.11. The third kappa shape index (κ3) is 3.59. The summed E-state index contributed by atoms with van der Waals surface area (Å²) in [7, 11) is 0. The van der Waals surface area contributed by atoms with E-state index in [4.69, 9.17) is 0 Å². The smallest absolute Gasteiger partial charge is 0.147 e. The standard InChI is InChI=1S/C9H8BrIOS/c10-5-7(12)3-6-4-8(13)1-2-9(6)11/h1-2,4,13H,3,5H2. The minimum Gasteiger partial charge on any atom is -0.298 e. The number of hydrogen-bond donors (Lipinski definition) is 1. The Labute approximate surface area is 105 Å². The molecular weight excluding hydrogens is 363 g/mol. The summed E-state index contributed by atoms with van der Waals surface area (Å²) < 4.78 is 1.12. The Morgan fingerprint density at radius 1 is 1.54 bits per heavy atom. The number of hydrogen-bond acceptors (Lipinski definition) is 2. The van der Waals surface area contributed by atoms with Crippen molar-refractivity contribution in [2.45, 2.75) is 11.3 Å². The third-order valence-electron chi connectivity index (χ3n) is 1.57. The highest BCUT2D eigenvalue weighted by molar-refractivity contribution is 14.1. The molecule has 0 saturated carbocycles. The summed E-state index contributed by atoms with van der Waals surface area (Å²) in [6, 6.07) is 5.83. The van der Waals surface area contributed by atoms with Crippen molar-refractivity contribution < 1.29 is 4.79 Å². The first-order valence-electron chi connectivity index (χ1n) is 3.68. The third-order valence-corrected chi connectivity index (χ3v) is 3.52. The number of rotatable bonds is 3. The van der Waals surface area contributed by atoms with E-state index in [9.17, 15) is 4.79 Å². The van der Waals surface area contributed by atoms with E-state index in [1.807, 2.05) is 18.2 Å². The fraction of sp³-hybridized carbons (Fsp3) is 0.222. The lowest BCUT2D eigenvalue weighted by atomic mass is 10.1. The van der Waals surface area contributed by atoms with E-state index in [1.165, 1.54) is 0 Å². The molecule has 13 heavy (non-hydrogen) atoms. The Balaban J connectivity index is 2.87. The molecule has 4 heteroatoms. The van der Waals surface area contributed by atoms with Crippen LogP contribution < -0.4 is 0 Å². The van der Waals surface area contributed by atoms with Crippen molar-refractivity contribution in [2.75, 3.05) is 5.33 Å². The summed E-state index contributed by atoms with van der Waals surface area (Å²) in [5.41, 5.74) is 1.05. The summed E-state index contributed by atoms with van der Waals surface area (Å²) in [5, 5.41) is 0.417. The molecule has 1 aromatic rings. The van der Waals surface area contributed by atoms with Crippen LogP contribution in [0.15, 0.2) is 23.1 Å². The first-order valence-corrected chi connectivity index (χ1v) is 6.33. The van der Waals surface area contributed by atoms with Crippen LogP contribution in [0, 0.1) is 3.57 Å². The maximum Gasteiger partial charge on any atom is 0.147 e. The Bertz CT molecular complexity index is 327. The molecule has 1 rings (SSSR count). The Morgan fingerprint density at radius 3 is 2.85 bits per heavy atom. The van der Waals surface area contributed by atoms with Gasteiger partial charge in [-0.2, -0.15) is 0 Å². The molecule has 0 aliphatic heterocycles. The largest absolute Gasteiger partial charge is 0.298 e. The number of alkyl halides is 1. The molecular formula is C9H8BrIOS. The van der Waals surface area contributed by atoms with Gasteiger partial charge in [0.25, 0.3) is 0 Å². The van der Waals surface area contributed by atoms with Gasteiger partial charge >= 0.3 is 0 Å². The SMILES string of the molecule is O=C(CBr)Cc1cc(S)ccc1I. The molecule has 0 heterocycles. The highest BCUT2D eigenvalue weighted by atomic mass is 127. The van der Waals surface area contributed by atoms with Gasteiger partial charge in [-0.1, -0.05) is 15.9 Å². The summed E-state index contributed by atoms with van der Waals surface area (Å²) in [4.78, 5) is 12.1. The number of carbonyl (C=O) groups excluding carboxylic acids is 1. The monoisotopic (exact) mass is 370 g/mol. The molecule has 70 valence electrons. The van der Waals surface area contributed by atoms with Crippen LogP contribution in [0.3, 0.4) is 0 Å².